The Morgan fingerprint density at radius 2 is 2.31 bits per heavy atom. The second kappa shape index (κ2) is 4.82. The van der Waals surface area contributed by atoms with Crippen LogP contribution < -0.4 is 11.1 Å². The van der Waals surface area contributed by atoms with Crippen molar-refractivity contribution >= 4 is 5.69 Å². The van der Waals surface area contributed by atoms with Crippen molar-refractivity contribution in [3.8, 4) is 0 Å². The molecule has 0 bridgehead atoms. The summed E-state index contributed by atoms with van der Waals surface area (Å²) >= 11 is 0. The number of rotatable bonds is 4. The van der Waals surface area contributed by atoms with E-state index in [4.69, 9.17) is 5.73 Å². The lowest BCUT2D eigenvalue weighted by molar-refractivity contribution is 0.627. The second-order valence-electron chi connectivity index (χ2n) is 3.06. The summed E-state index contributed by atoms with van der Waals surface area (Å²) in [6, 6.07) is 6.51. The van der Waals surface area contributed by atoms with Crippen LogP contribution >= 0.6 is 0 Å². The van der Waals surface area contributed by atoms with Gasteiger partial charge in [-0.3, -0.25) is 0 Å². The normalized spacial score (nSPS) is 12.5. The highest BCUT2D eigenvalue weighted by Gasteiger charge is 1.98. The van der Waals surface area contributed by atoms with Crippen LogP contribution in [0.15, 0.2) is 24.3 Å². The van der Waals surface area contributed by atoms with Gasteiger partial charge < -0.3 is 11.1 Å². The van der Waals surface area contributed by atoms with Gasteiger partial charge in [-0.15, -0.1) is 0 Å². The zero-order chi connectivity index (χ0) is 9.68. The zero-order valence-corrected chi connectivity index (χ0v) is 7.76. The highest BCUT2D eigenvalue weighted by atomic mass is 19.1. The summed E-state index contributed by atoms with van der Waals surface area (Å²) in [5.41, 5.74) is 6.48. The van der Waals surface area contributed by atoms with E-state index >= 15 is 0 Å². The average Bonchev–Trinajstić information content (AvgIpc) is 2.14. The molecule has 0 spiro atoms. The first-order chi connectivity index (χ1) is 6.22. The molecule has 0 heterocycles. The molecule has 13 heavy (non-hydrogen) atoms. The second-order valence-corrected chi connectivity index (χ2v) is 3.06. The van der Waals surface area contributed by atoms with Crippen molar-refractivity contribution in [2.75, 3.05) is 11.9 Å². The smallest absolute Gasteiger partial charge is 0.125 e. The van der Waals surface area contributed by atoms with Crippen LogP contribution in [0.2, 0.25) is 0 Å². The molecular formula is C10H15FN2. The van der Waals surface area contributed by atoms with Crippen molar-refractivity contribution in [2.45, 2.75) is 19.4 Å². The van der Waals surface area contributed by atoms with Crippen LogP contribution in [-0.4, -0.2) is 12.6 Å². The summed E-state index contributed by atoms with van der Waals surface area (Å²) in [6.45, 7) is 2.71. The van der Waals surface area contributed by atoms with Crippen molar-refractivity contribution < 1.29 is 4.39 Å². The summed E-state index contributed by atoms with van der Waals surface area (Å²) < 4.78 is 12.7. The number of hydrogen-bond acceptors (Lipinski definition) is 2. The first-order valence-corrected chi connectivity index (χ1v) is 4.47. The number of anilines is 1. The van der Waals surface area contributed by atoms with Gasteiger partial charge in [-0.2, -0.15) is 0 Å². The predicted octanol–water partition coefficient (Wildman–Crippen LogP) is 1.97. The van der Waals surface area contributed by atoms with E-state index < -0.39 is 0 Å². The van der Waals surface area contributed by atoms with Crippen LogP contribution in [0.1, 0.15) is 13.3 Å². The van der Waals surface area contributed by atoms with Crippen molar-refractivity contribution in [3.05, 3.63) is 30.1 Å². The molecule has 72 valence electrons. The van der Waals surface area contributed by atoms with Crippen molar-refractivity contribution in [2.24, 2.45) is 5.73 Å². The molecule has 1 aromatic rings. The Hall–Kier alpha value is -1.09. The van der Waals surface area contributed by atoms with Crippen molar-refractivity contribution in [1.29, 1.82) is 0 Å². The third-order valence-corrected chi connectivity index (χ3v) is 1.92. The van der Waals surface area contributed by atoms with Crippen LogP contribution in [0.5, 0.6) is 0 Å². The molecule has 0 aromatic heterocycles. The third kappa shape index (κ3) is 3.42. The molecule has 0 radical (unpaired) electrons. The SMILES string of the molecule is CCC(N)CNc1cccc(F)c1. The van der Waals surface area contributed by atoms with Crippen molar-refractivity contribution in [1.82, 2.24) is 0 Å². The number of nitrogens with one attached hydrogen (secondary N) is 1. The van der Waals surface area contributed by atoms with Gasteiger partial charge in [0.15, 0.2) is 0 Å². The van der Waals surface area contributed by atoms with Crippen LogP contribution in [0.25, 0.3) is 0 Å². The maximum Gasteiger partial charge on any atom is 0.125 e. The van der Waals surface area contributed by atoms with Gasteiger partial charge in [0.1, 0.15) is 5.82 Å². The Balaban J connectivity index is 2.45. The molecule has 0 saturated carbocycles. The Morgan fingerprint density at radius 3 is 2.92 bits per heavy atom. The molecule has 1 unspecified atom stereocenters. The van der Waals surface area contributed by atoms with Crippen molar-refractivity contribution in [3.63, 3.8) is 0 Å². The topological polar surface area (TPSA) is 38.0 Å². The van der Waals surface area contributed by atoms with Crippen LogP contribution in [0, 0.1) is 5.82 Å². The van der Waals surface area contributed by atoms with E-state index in [1.807, 2.05) is 13.0 Å². The average molecular weight is 182 g/mol. The molecule has 0 aliphatic heterocycles. The molecule has 1 rings (SSSR count). The Morgan fingerprint density at radius 1 is 1.54 bits per heavy atom. The van der Waals surface area contributed by atoms with E-state index in [1.165, 1.54) is 12.1 Å². The lowest BCUT2D eigenvalue weighted by atomic mass is 10.2. The van der Waals surface area contributed by atoms with E-state index in [1.54, 1.807) is 6.07 Å². The largest absolute Gasteiger partial charge is 0.383 e. The fraction of sp³-hybridized carbons (Fsp3) is 0.400. The maximum absolute atomic E-state index is 12.7. The molecule has 0 aliphatic rings. The van der Waals surface area contributed by atoms with E-state index in [9.17, 15) is 4.39 Å². The standard InChI is InChI=1S/C10H15FN2/c1-2-9(12)7-13-10-5-3-4-8(11)6-10/h3-6,9,13H,2,7,12H2,1H3. The molecule has 3 N–H and O–H groups in total. The van der Waals surface area contributed by atoms with Gasteiger partial charge in [0.2, 0.25) is 0 Å². The van der Waals surface area contributed by atoms with Gasteiger partial charge in [-0.05, 0) is 24.6 Å². The summed E-state index contributed by atoms with van der Waals surface area (Å²) in [5.74, 6) is -0.227. The zero-order valence-electron chi connectivity index (χ0n) is 7.76. The van der Waals surface area contributed by atoms with E-state index in [0.717, 1.165) is 12.1 Å². The maximum atomic E-state index is 12.7. The third-order valence-electron chi connectivity index (χ3n) is 1.92. The van der Waals surface area contributed by atoms with Gasteiger partial charge in [-0.25, -0.2) is 4.39 Å². The molecule has 0 amide bonds. The lowest BCUT2D eigenvalue weighted by Crippen LogP contribution is -2.27. The Kier molecular flexibility index (Phi) is 3.71. The summed E-state index contributed by atoms with van der Waals surface area (Å²) in [6.07, 6.45) is 0.919. The number of halogens is 1. The molecule has 0 saturated heterocycles. The van der Waals surface area contributed by atoms with Gasteiger partial charge in [0.05, 0.1) is 0 Å². The fourth-order valence-electron chi connectivity index (χ4n) is 0.992. The van der Waals surface area contributed by atoms with E-state index in [-0.39, 0.29) is 11.9 Å². The minimum atomic E-state index is -0.227. The summed E-state index contributed by atoms with van der Waals surface area (Å²) in [4.78, 5) is 0. The number of nitrogens with two attached hydrogens (primary N) is 1. The monoisotopic (exact) mass is 182 g/mol. The highest BCUT2D eigenvalue weighted by Crippen LogP contribution is 2.08. The Labute approximate surface area is 77.9 Å². The molecule has 2 nitrogen and oxygen atoms in total. The molecule has 3 heteroatoms. The predicted molar refractivity (Wildman–Crippen MR) is 53.2 cm³/mol. The van der Waals surface area contributed by atoms with Gasteiger partial charge in [-0.1, -0.05) is 13.0 Å². The molecule has 1 aromatic carbocycles. The number of benzene rings is 1. The lowest BCUT2D eigenvalue weighted by Gasteiger charge is -2.11. The fourth-order valence-corrected chi connectivity index (χ4v) is 0.992. The number of hydrogen-bond donors (Lipinski definition) is 2. The van der Waals surface area contributed by atoms with Crippen LogP contribution in [-0.2, 0) is 0 Å². The van der Waals surface area contributed by atoms with Crippen LogP contribution in [0.3, 0.4) is 0 Å². The Bertz CT molecular complexity index is 263. The summed E-state index contributed by atoms with van der Waals surface area (Å²) in [5, 5.41) is 3.07. The van der Waals surface area contributed by atoms with Gasteiger partial charge in [0, 0.05) is 18.3 Å². The van der Waals surface area contributed by atoms with E-state index in [0.29, 0.717) is 6.54 Å². The first-order valence-electron chi connectivity index (χ1n) is 4.47. The van der Waals surface area contributed by atoms with Crippen LogP contribution in [0.4, 0.5) is 10.1 Å². The van der Waals surface area contributed by atoms with Gasteiger partial charge in [0.25, 0.3) is 0 Å². The molecule has 0 aliphatic carbocycles. The molecule has 0 fully saturated rings. The quantitative estimate of drug-likeness (QED) is 0.747. The van der Waals surface area contributed by atoms with E-state index in [2.05, 4.69) is 5.32 Å². The molecular weight excluding hydrogens is 167 g/mol. The minimum absolute atomic E-state index is 0.128. The summed E-state index contributed by atoms with van der Waals surface area (Å²) in [7, 11) is 0. The minimum Gasteiger partial charge on any atom is -0.383 e. The molecule has 1 atom stereocenters. The first kappa shape index (κ1) is 9.99. The van der Waals surface area contributed by atoms with Gasteiger partial charge >= 0.3 is 0 Å². The highest BCUT2D eigenvalue weighted by molar-refractivity contribution is 5.43.